The zero-order valence-electron chi connectivity index (χ0n) is 18.3. The van der Waals surface area contributed by atoms with E-state index in [9.17, 15) is 30.8 Å². The van der Waals surface area contributed by atoms with E-state index in [1.54, 1.807) is 0 Å². The fourth-order valence-electron chi connectivity index (χ4n) is 3.98. The van der Waals surface area contributed by atoms with Crippen LogP contribution < -0.4 is 14.8 Å². The van der Waals surface area contributed by atoms with Gasteiger partial charge in [0.2, 0.25) is 10.0 Å². The third-order valence-corrected chi connectivity index (χ3v) is 7.10. The molecule has 3 aromatic rings. The predicted octanol–water partition coefficient (Wildman–Crippen LogP) is 4.92. The van der Waals surface area contributed by atoms with E-state index in [0.717, 1.165) is 24.3 Å². The number of hydrogen-bond acceptors (Lipinski definition) is 4. The largest absolute Gasteiger partial charge is 0.493 e. The molecular formula is C24H20F4N2O4S. The highest BCUT2D eigenvalue weighted by Crippen LogP contribution is 2.42. The first kappa shape index (κ1) is 24.7. The van der Waals surface area contributed by atoms with Crippen molar-refractivity contribution in [2.24, 2.45) is 0 Å². The first-order chi connectivity index (χ1) is 16.5. The summed E-state index contributed by atoms with van der Waals surface area (Å²) in [6.45, 7) is 0.127. The van der Waals surface area contributed by atoms with Gasteiger partial charge in [-0.1, -0.05) is 12.1 Å². The molecule has 4 rings (SSSR count). The molecular weight excluding hydrogens is 488 g/mol. The standard InChI is InChI=1S/C24H20F4N2O4S/c1-29-35(32,33)17-4-2-3-16(13-17)30-23(31)20-7-5-14(24(26,27)28)11-21(20)18-9-10-34-22-12-15(25)6-8-19(18)22/h2-8,11-13,18,29H,9-10H2,1H3,(H,30,31). The van der Waals surface area contributed by atoms with Crippen molar-refractivity contribution in [3.8, 4) is 5.75 Å². The first-order valence-corrected chi connectivity index (χ1v) is 12.0. The lowest BCUT2D eigenvalue weighted by molar-refractivity contribution is -0.137. The van der Waals surface area contributed by atoms with Crippen LogP contribution in [-0.4, -0.2) is 28.0 Å². The first-order valence-electron chi connectivity index (χ1n) is 10.5. The number of anilines is 1. The van der Waals surface area contributed by atoms with Gasteiger partial charge in [0.25, 0.3) is 5.91 Å². The molecule has 6 nitrogen and oxygen atoms in total. The minimum atomic E-state index is -4.64. The quantitative estimate of drug-likeness (QED) is 0.480. The molecule has 3 aromatic carbocycles. The maximum absolute atomic E-state index is 13.7. The van der Waals surface area contributed by atoms with E-state index in [1.165, 1.54) is 43.4 Å². The van der Waals surface area contributed by atoms with Gasteiger partial charge in [0.15, 0.2) is 0 Å². The fourth-order valence-corrected chi connectivity index (χ4v) is 4.75. The molecule has 2 N–H and O–H groups in total. The number of amides is 1. The van der Waals surface area contributed by atoms with E-state index >= 15 is 0 Å². The number of carbonyl (C=O) groups is 1. The van der Waals surface area contributed by atoms with Crippen molar-refractivity contribution < 1.29 is 35.5 Å². The summed E-state index contributed by atoms with van der Waals surface area (Å²) in [5.41, 5.74) is -0.240. The Kier molecular flexibility index (Phi) is 6.56. The van der Waals surface area contributed by atoms with Crippen LogP contribution >= 0.6 is 0 Å². The molecule has 1 atom stereocenters. The highest BCUT2D eigenvalue weighted by Gasteiger charge is 2.34. The Morgan fingerprint density at radius 2 is 1.80 bits per heavy atom. The van der Waals surface area contributed by atoms with E-state index in [0.29, 0.717) is 5.56 Å². The van der Waals surface area contributed by atoms with Gasteiger partial charge in [-0.25, -0.2) is 17.5 Å². The van der Waals surface area contributed by atoms with Gasteiger partial charge in [0, 0.05) is 28.8 Å². The van der Waals surface area contributed by atoms with E-state index in [2.05, 4.69) is 10.0 Å². The second-order valence-electron chi connectivity index (χ2n) is 7.86. The molecule has 0 fully saturated rings. The number of hydrogen-bond donors (Lipinski definition) is 2. The number of ether oxygens (including phenoxy) is 1. The summed E-state index contributed by atoms with van der Waals surface area (Å²) >= 11 is 0. The van der Waals surface area contributed by atoms with Crippen molar-refractivity contribution in [1.82, 2.24) is 4.72 Å². The Morgan fingerprint density at radius 3 is 2.51 bits per heavy atom. The van der Waals surface area contributed by atoms with E-state index in [-0.39, 0.29) is 40.5 Å². The average Bonchev–Trinajstić information content (AvgIpc) is 2.82. The molecule has 0 saturated heterocycles. The van der Waals surface area contributed by atoms with E-state index in [1.807, 2.05) is 0 Å². The minimum Gasteiger partial charge on any atom is -0.493 e. The summed E-state index contributed by atoms with van der Waals surface area (Å²) in [4.78, 5) is 13.1. The molecule has 0 spiro atoms. The number of carbonyl (C=O) groups excluding carboxylic acids is 1. The lowest BCUT2D eigenvalue weighted by atomic mass is 9.83. The lowest BCUT2D eigenvalue weighted by Crippen LogP contribution is -2.22. The summed E-state index contributed by atoms with van der Waals surface area (Å²) in [6.07, 6.45) is -4.37. The maximum Gasteiger partial charge on any atom is 0.416 e. The molecule has 184 valence electrons. The van der Waals surface area contributed by atoms with Crippen LogP contribution in [0, 0.1) is 5.82 Å². The third kappa shape index (κ3) is 5.15. The van der Waals surface area contributed by atoms with Crippen molar-refractivity contribution in [3.63, 3.8) is 0 Å². The highest BCUT2D eigenvalue weighted by atomic mass is 32.2. The van der Waals surface area contributed by atoms with E-state index in [4.69, 9.17) is 4.74 Å². The van der Waals surface area contributed by atoms with Crippen molar-refractivity contribution in [2.75, 3.05) is 19.0 Å². The molecule has 0 bridgehead atoms. The van der Waals surface area contributed by atoms with Crippen LogP contribution in [0.4, 0.5) is 23.2 Å². The van der Waals surface area contributed by atoms with Crippen molar-refractivity contribution in [3.05, 3.63) is 88.7 Å². The average molecular weight is 508 g/mol. The highest BCUT2D eigenvalue weighted by molar-refractivity contribution is 7.89. The fraction of sp³-hybridized carbons (Fsp3) is 0.208. The van der Waals surface area contributed by atoms with Gasteiger partial charge in [-0.3, -0.25) is 4.79 Å². The van der Waals surface area contributed by atoms with Crippen LogP contribution in [0.15, 0.2) is 65.6 Å². The number of alkyl halides is 3. The monoisotopic (exact) mass is 508 g/mol. The molecule has 1 unspecified atom stereocenters. The van der Waals surface area contributed by atoms with Crippen molar-refractivity contribution in [1.29, 1.82) is 0 Å². The molecule has 1 amide bonds. The Balaban J connectivity index is 1.77. The van der Waals surface area contributed by atoms with Crippen LogP contribution in [0.3, 0.4) is 0 Å². The summed E-state index contributed by atoms with van der Waals surface area (Å²) in [5, 5.41) is 2.56. The van der Waals surface area contributed by atoms with Crippen LogP contribution in [0.25, 0.3) is 0 Å². The van der Waals surface area contributed by atoms with Gasteiger partial charge in [0.1, 0.15) is 11.6 Å². The van der Waals surface area contributed by atoms with Crippen LogP contribution in [0.5, 0.6) is 5.75 Å². The zero-order valence-corrected chi connectivity index (χ0v) is 19.1. The van der Waals surface area contributed by atoms with Crippen LogP contribution in [0.2, 0.25) is 0 Å². The Labute approximate surface area is 199 Å². The summed E-state index contributed by atoms with van der Waals surface area (Å²) in [6, 6.07) is 12.0. The number of nitrogens with one attached hydrogen (secondary N) is 2. The van der Waals surface area contributed by atoms with Gasteiger partial charge in [-0.15, -0.1) is 0 Å². The molecule has 1 aliphatic rings. The number of halogens is 4. The third-order valence-electron chi connectivity index (χ3n) is 5.68. The van der Waals surface area contributed by atoms with Crippen LogP contribution in [0.1, 0.15) is 39.4 Å². The molecule has 1 aliphatic heterocycles. The summed E-state index contributed by atoms with van der Waals surface area (Å²) in [7, 11) is -2.53. The number of sulfonamides is 1. The number of benzene rings is 3. The van der Waals surface area contributed by atoms with Gasteiger partial charge >= 0.3 is 6.18 Å². The van der Waals surface area contributed by atoms with Gasteiger partial charge in [-0.2, -0.15) is 13.2 Å². The van der Waals surface area contributed by atoms with Crippen molar-refractivity contribution >= 4 is 21.6 Å². The zero-order chi connectivity index (χ0) is 25.4. The van der Waals surface area contributed by atoms with Gasteiger partial charge in [-0.05, 0) is 61.5 Å². The molecule has 1 heterocycles. The van der Waals surface area contributed by atoms with E-state index < -0.39 is 39.4 Å². The Bertz CT molecular complexity index is 1390. The molecule has 11 heteroatoms. The number of fused-ring (bicyclic) bond motifs is 1. The van der Waals surface area contributed by atoms with Crippen LogP contribution in [-0.2, 0) is 16.2 Å². The molecule has 35 heavy (non-hydrogen) atoms. The predicted molar refractivity (Wildman–Crippen MR) is 120 cm³/mol. The van der Waals surface area contributed by atoms with Crippen molar-refractivity contribution in [2.45, 2.75) is 23.4 Å². The maximum atomic E-state index is 13.7. The Hall–Kier alpha value is -3.44. The smallest absolute Gasteiger partial charge is 0.416 e. The topological polar surface area (TPSA) is 84.5 Å². The SMILES string of the molecule is CNS(=O)(=O)c1cccc(NC(=O)c2ccc(C(F)(F)F)cc2C2CCOc3cc(F)ccc32)c1. The number of rotatable bonds is 5. The molecule has 0 saturated carbocycles. The second-order valence-corrected chi connectivity index (χ2v) is 9.75. The molecule has 0 radical (unpaired) electrons. The Morgan fingerprint density at radius 1 is 1.03 bits per heavy atom. The molecule has 0 aromatic heterocycles. The normalized spacial score (nSPS) is 15.7. The summed E-state index contributed by atoms with van der Waals surface area (Å²) < 4.78 is 86.0. The lowest BCUT2D eigenvalue weighted by Gasteiger charge is -2.28. The summed E-state index contributed by atoms with van der Waals surface area (Å²) in [5.74, 6) is -1.72. The second kappa shape index (κ2) is 9.31. The minimum absolute atomic E-state index is 0.0259. The van der Waals surface area contributed by atoms with Gasteiger partial charge in [0.05, 0.1) is 17.1 Å². The van der Waals surface area contributed by atoms with Gasteiger partial charge < -0.3 is 10.1 Å². The molecule has 0 aliphatic carbocycles.